The third-order valence-corrected chi connectivity index (χ3v) is 3.59. The summed E-state index contributed by atoms with van der Waals surface area (Å²) in [6.45, 7) is 0.544. The van der Waals surface area contributed by atoms with Crippen LogP contribution in [-0.2, 0) is 16.4 Å². The lowest BCUT2D eigenvalue weighted by Crippen LogP contribution is -2.05. The van der Waals surface area contributed by atoms with E-state index >= 15 is 0 Å². The SMILES string of the molecule is CS(=O)(=O)c1ccc(NCc2ccn[nH]2)c(N)c1. The maximum absolute atomic E-state index is 11.4. The van der Waals surface area contributed by atoms with E-state index in [9.17, 15) is 8.42 Å². The predicted molar refractivity (Wildman–Crippen MR) is 69.9 cm³/mol. The highest BCUT2D eigenvalue weighted by Gasteiger charge is 2.09. The molecule has 2 rings (SSSR count). The van der Waals surface area contributed by atoms with E-state index in [2.05, 4.69) is 15.5 Å². The zero-order valence-corrected chi connectivity index (χ0v) is 10.7. The summed E-state index contributed by atoms with van der Waals surface area (Å²) in [7, 11) is -3.22. The normalized spacial score (nSPS) is 11.4. The number of nitrogens with zero attached hydrogens (tertiary/aromatic N) is 1. The first kappa shape index (κ1) is 12.4. The van der Waals surface area contributed by atoms with Crippen LogP contribution < -0.4 is 11.1 Å². The van der Waals surface area contributed by atoms with E-state index in [4.69, 9.17) is 5.73 Å². The van der Waals surface area contributed by atoms with Crippen LogP contribution in [0.1, 0.15) is 5.69 Å². The second-order valence-corrected chi connectivity index (χ2v) is 5.97. The number of benzene rings is 1. The molecule has 0 aliphatic rings. The van der Waals surface area contributed by atoms with Crippen molar-refractivity contribution < 1.29 is 8.42 Å². The van der Waals surface area contributed by atoms with Crippen molar-refractivity contribution in [3.63, 3.8) is 0 Å². The molecule has 0 amide bonds. The van der Waals surface area contributed by atoms with E-state index in [0.717, 1.165) is 11.9 Å². The Hall–Kier alpha value is -2.02. The number of hydrogen-bond donors (Lipinski definition) is 3. The first-order chi connectivity index (χ1) is 8.47. The molecule has 0 saturated carbocycles. The Balaban J connectivity index is 2.15. The molecule has 18 heavy (non-hydrogen) atoms. The highest BCUT2D eigenvalue weighted by atomic mass is 32.2. The first-order valence-corrected chi connectivity index (χ1v) is 7.17. The summed E-state index contributed by atoms with van der Waals surface area (Å²) in [4.78, 5) is 0.215. The van der Waals surface area contributed by atoms with Gasteiger partial charge >= 0.3 is 0 Å². The maximum atomic E-state index is 11.4. The predicted octanol–water partition coefficient (Wildman–Crippen LogP) is 1.01. The summed E-state index contributed by atoms with van der Waals surface area (Å²) >= 11 is 0. The van der Waals surface area contributed by atoms with Gasteiger partial charge in [-0.3, -0.25) is 5.10 Å². The monoisotopic (exact) mass is 266 g/mol. The molecule has 1 aromatic carbocycles. The average Bonchev–Trinajstić information content (AvgIpc) is 2.79. The van der Waals surface area contributed by atoms with E-state index < -0.39 is 9.84 Å². The smallest absolute Gasteiger partial charge is 0.175 e. The third-order valence-electron chi connectivity index (χ3n) is 2.48. The molecule has 1 heterocycles. The molecule has 7 heteroatoms. The molecular formula is C11H14N4O2S. The first-order valence-electron chi connectivity index (χ1n) is 5.28. The topological polar surface area (TPSA) is 101 Å². The van der Waals surface area contributed by atoms with E-state index in [1.807, 2.05) is 6.07 Å². The van der Waals surface area contributed by atoms with Crippen molar-refractivity contribution in [1.29, 1.82) is 0 Å². The number of rotatable bonds is 4. The van der Waals surface area contributed by atoms with Crippen molar-refractivity contribution in [2.45, 2.75) is 11.4 Å². The second-order valence-electron chi connectivity index (χ2n) is 3.96. The maximum Gasteiger partial charge on any atom is 0.175 e. The van der Waals surface area contributed by atoms with E-state index in [1.165, 1.54) is 12.1 Å². The minimum Gasteiger partial charge on any atom is -0.397 e. The summed E-state index contributed by atoms with van der Waals surface area (Å²) < 4.78 is 22.7. The van der Waals surface area contributed by atoms with Crippen LogP contribution in [0.25, 0.3) is 0 Å². The molecule has 1 aromatic heterocycles. The van der Waals surface area contributed by atoms with Crippen LogP contribution in [0.2, 0.25) is 0 Å². The Morgan fingerprint density at radius 2 is 2.17 bits per heavy atom. The lowest BCUT2D eigenvalue weighted by molar-refractivity contribution is 0.602. The van der Waals surface area contributed by atoms with Crippen LogP contribution in [0.3, 0.4) is 0 Å². The molecule has 0 spiro atoms. The lowest BCUT2D eigenvalue weighted by atomic mass is 10.2. The Morgan fingerprint density at radius 3 is 2.72 bits per heavy atom. The van der Waals surface area contributed by atoms with Crippen molar-refractivity contribution in [2.24, 2.45) is 0 Å². The summed E-state index contributed by atoms with van der Waals surface area (Å²) in [5.74, 6) is 0. The summed E-state index contributed by atoms with van der Waals surface area (Å²) in [6, 6.07) is 6.47. The minimum atomic E-state index is -3.22. The number of anilines is 2. The zero-order chi connectivity index (χ0) is 13.2. The highest BCUT2D eigenvalue weighted by Crippen LogP contribution is 2.22. The van der Waals surface area contributed by atoms with Gasteiger partial charge in [-0.2, -0.15) is 5.10 Å². The summed E-state index contributed by atoms with van der Waals surface area (Å²) in [6.07, 6.45) is 2.81. The van der Waals surface area contributed by atoms with Crippen LogP contribution in [0.5, 0.6) is 0 Å². The van der Waals surface area contributed by atoms with Crippen LogP contribution in [-0.4, -0.2) is 24.9 Å². The average molecular weight is 266 g/mol. The van der Waals surface area contributed by atoms with Gasteiger partial charge in [0, 0.05) is 12.5 Å². The molecule has 0 fully saturated rings. The molecule has 0 bridgehead atoms. The number of sulfone groups is 1. The molecule has 0 saturated heterocycles. The molecule has 6 nitrogen and oxygen atoms in total. The number of nitrogen functional groups attached to an aromatic ring is 1. The van der Waals surface area contributed by atoms with Crippen molar-refractivity contribution in [1.82, 2.24) is 10.2 Å². The van der Waals surface area contributed by atoms with Gasteiger partial charge < -0.3 is 11.1 Å². The van der Waals surface area contributed by atoms with Gasteiger partial charge in [-0.1, -0.05) is 0 Å². The van der Waals surface area contributed by atoms with Gasteiger partial charge in [0.25, 0.3) is 0 Å². The molecular weight excluding hydrogens is 252 g/mol. The van der Waals surface area contributed by atoms with Gasteiger partial charge in [0.1, 0.15) is 0 Å². The lowest BCUT2D eigenvalue weighted by Gasteiger charge is -2.09. The Labute approximate surface area is 105 Å². The minimum absolute atomic E-state index is 0.215. The zero-order valence-electron chi connectivity index (χ0n) is 9.84. The molecule has 96 valence electrons. The fraction of sp³-hybridized carbons (Fsp3) is 0.182. The van der Waals surface area contributed by atoms with Gasteiger partial charge in [0.2, 0.25) is 0 Å². The molecule has 0 aliphatic carbocycles. The molecule has 0 aliphatic heterocycles. The number of H-pyrrole nitrogens is 1. The fourth-order valence-corrected chi connectivity index (χ4v) is 2.16. The second kappa shape index (κ2) is 4.69. The Kier molecular flexibility index (Phi) is 3.24. The van der Waals surface area contributed by atoms with Gasteiger partial charge in [-0.25, -0.2) is 8.42 Å². The van der Waals surface area contributed by atoms with Crippen LogP contribution >= 0.6 is 0 Å². The van der Waals surface area contributed by atoms with E-state index in [0.29, 0.717) is 17.9 Å². The van der Waals surface area contributed by atoms with Gasteiger partial charge in [0.05, 0.1) is 28.5 Å². The number of aromatic amines is 1. The van der Waals surface area contributed by atoms with Gasteiger partial charge in [-0.15, -0.1) is 0 Å². The molecule has 0 unspecified atom stereocenters. The third kappa shape index (κ3) is 2.80. The van der Waals surface area contributed by atoms with Crippen LogP contribution in [0.15, 0.2) is 35.4 Å². The number of nitrogens with one attached hydrogen (secondary N) is 2. The van der Waals surface area contributed by atoms with Crippen molar-refractivity contribution >= 4 is 21.2 Å². The Bertz CT molecular complexity index is 635. The van der Waals surface area contributed by atoms with Crippen molar-refractivity contribution in [3.8, 4) is 0 Å². The van der Waals surface area contributed by atoms with Crippen LogP contribution in [0, 0.1) is 0 Å². The van der Waals surface area contributed by atoms with E-state index in [1.54, 1.807) is 12.3 Å². The standard InChI is InChI=1S/C11H14N4O2S/c1-18(16,17)9-2-3-11(10(12)6-9)13-7-8-4-5-14-15-8/h2-6,13H,7,12H2,1H3,(H,14,15). The summed E-state index contributed by atoms with van der Waals surface area (Å²) in [5.41, 5.74) is 7.81. The largest absolute Gasteiger partial charge is 0.397 e. The number of aromatic nitrogens is 2. The van der Waals surface area contributed by atoms with Crippen LogP contribution in [0.4, 0.5) is 11.4 Å². The molecule has 2 aromatic rings. The van der Waals surface area contributed by atoms with Crippen molar-refractivity contribution in [2.75, 3.05) is 17.3 Å². The van der Waals surface area contributed by atoms with Crippen molar-refractivity contribution in [3.05, 3.63) is 36.2 Å². The molecule has 0 radical (unpaired) electrons. The quantitative estimate of drug-likeness (QED) is 0.717. The molecule has 0 atom stereocenters. The fourth-order valence-electron chi connectivity index (χ4n) is 1.51. The molecule has 4 N–H and O–H groups in total. The van der Waals surface area contributed by atoms with Gasteiger partial charge in [0.15, 0.2) is 9.84 Å². The van der Waals surface area contributed by atoms with Gasteiger partial charge in [-0.05, 0) is 24.3 Å². The highest BCUT2D eigenvalue weighted by molar-refractivity contribution is 7.90. The summed E-state index contributed by atoms with van der Waals surface area (Å²) in [5, 5.41) is 9.74. The Morgan fingerprint density at radius 1 is 1.39 bits per heavy atom. The number of nitrogens with two attached hydrogens (primary N) is 1. The van der Waals surface area contributed by atoms with E-state index in [-0.39, 0.29) is 4.90 Å². The number of hydrogen-bond acceptors (Lipinski definition) is 5.